The van der Waals surface area contributed by atoms with Crippen LogP contribution in [-0.2, 0) is 4.74 Å². The Bertz CT molecular complexity index is 489. The molecule has 0 bridgehead atoms. The molecule has 0 saturated carbocycles. The van der Waals surface area contributed by atoms with Gasteiger partial charge in [-0.2, -0.15) is 0 Å². The van der Waals surface area contributed by atoms with Crippen LogP contribution in [-0.4, -0.2) is 24.2 Å². The van der Waals surface area contributed by atoms with E-state index in [9.17, 15) is 0 Å². The maximum absolute atomic E-state index is 5.68. The van der Waals surface area contributed by atoms with E-state index in [1.807, 2.05) is 12.1 Å². The highest BCUT2D eigenvalue weighted by molar-refractivity contribution is 5.87. The summed E-state index contributed by atoms with van der Waals surface area (Å²) in [5.41, 5.74) is 0.868. The number of furan rings is 1. The second-order valence-electron chi connectivity index (χ2n) is 4.36. The highest BCUT2D eigenvalue weighted by atomic mass is 16.5. The smallest absolute Gasteiger partial charge is 0.139 e. The van der Waals surface area contributed by atoms with E-state index < -0.39 is 0 Å². The van der Waals surface area contributed by atoms with Crippen LogP contribution in [0, 0.1) is 0 Å². The average Bonchev–Trinajstić information content (AvgIpc) is 2.86. The van der Waals surface area contributed by atoms with Crippen molar-refractivity contribution in [3.63, 3.8) is 0 Å². The number of fused-ring (bicyclic) bond motifs is 1. The number of anilines is 1. The number of ether oxygens (including phenoxy) is 1. The number of pyridine rings is 1. The van der Waals surface area contributed by atoms with Gasteiger partial charge in [0.05, 0.1) is 17.8 Å². The van der Waals surface area contributed by atoms with Crippen molar-refractivity contribution < 1.29 is 9.15 Å². The molecule has 90 valence electrons. The molecule has 0 aromatic carbocycles. The van der Waals surface area contributed by atoms with Crippen molar-refractivity contribution in [3.8, 4) is 0 Å². The average molecular weight is 232 g/mol. The Kier molecular flexibility index (Phi) is 2.96. The second kappa shape index (κ2) is 4.75. The van der Waals surface area contributed by atoms with Gasteiger partial charge in [0, 0.05) is 19.3 Å². The summed E-state index contributed by atoms with van der Waals surface area (Å²) in [5.74, 6) is 0.880. The molecule has 0 spiro atoms. The molecular formula is C13H16N2O2. The van der Waals surface area contributed by atoms with Gasteiger partial charge in [-0.05, 0) is 31.4 Å². The first-order chi connectivity index (χ1) is 8.43. The highest BCUT2D eigenvalue weighted by Crippen LogP contribution is 2.22. The summed E-state index contributed by atoms with van der Waals surface area (Å²) in [4.78, 5) is 4.34. The zero-order valence-electron chi connectivity index (χ0n) is 9.69. The lowest BCUT2D eigenvalue weighted by atomic mass is 10.1. The van der Waals surface area contributed by atoms with Crippen molar-refractivity contribution in [2.75, 3.05) is 18.5 Å². The van der Waals surface area contributed by atoms with Crippen LogP contribution in [0.15, 0.2) is 29.0 Å². The van der Waals surface area contributed by atoms with E-state index >= 15 is 0 Å². The number of hydrogen-bond acceptors (Lipinski definition) is 4. The van der Waals surface area contributed by atoms with Gasteiger partial charge in [-0.15, -0.1) is 0 Å². The molecule has 17 heavy (non-hydrogen) atoms. The predicted octanol–water partition coefficient (Wildman–Crippen LogP) is 2.81. The third-order valence-electron chi connectivity index (χ3n) is 3.15. The Morgan fingerprint density at radius 3 is 3.24 bits per heavy atom. The SMILES string of the molecule is c1cc2occc2c(NCC2CCCCO2)n1. The van der Waals surface area contributed by atoms with Gasteiger partial charge in [0.15, 0.2) is 0 Å². The van der Waals surface area contributed by atoms with Crippen LogP contribution < -0.4 is 5.32 Å². The molecule has 0 radical (unpaired) electrons. The molecule has 3 rings (SSSR count). The fourth-order valence-corrected chi connectivity index (χ4v) is 2.21. The van der Waals surface area contributed by atoms with Crippen molar-refractivity contribution in [2.24, 2.45) is 0 Å². The van der Waals surface area contributed by atoms with Gasteiger partial charge < -0.3 is 14.5 Å². The molecule has 0 amide bonds. The lowest BCUT2D eigenvalue weighted by Gasteiger charge is -2.23. The highest BCUT2D eigenvalue weighted by Gasteiger charge is 2.14. The number of aromatic nitrogens is 1. The molecule has 1 aliphatic rings. The molecule has 4 nitrogen and oxygen atoms in total. The normalized spacial score (nSPS) is 20.6. The van der Waals surface area contributed by atoms with Crippen LogP contribution in [0.4, 0.5) is 5.82 Å². The fraction of sp³-hybridized carbons (Fsp3) is 0.462. The fourth-order valence-electron chi connectivity index (χ4n) is 2.21. The van der Waals surface area contributed by atoms with Crippen LogP contribution in [0.5, 0.6) is 0 Å². The number of hydrogen-bond donors (Lipinski definition) is 1. The van der Waals surface area contributed by atoms with Gasteiger partial charge in [-0.3, -0.25) is 0 Å². The molecule has 0 aliphatic carbocycles. The molecule has 2 aromatic rings. The van der Waals surface area contributed by atoms with Crippen molar-refractivity contribution in [3.05, 3.63) is 24.6 Å². The van der Waals surface area contributed by atoms with Crippen LogP contribution in [0.3, 0.4) is 0 Å². The lowest BCUT2D eigenvalue weighted by Crippen LogP contribution is -2.27. The summed E-state index contributed by atoms with van der Waals surface area (Å²) < 4.78 is 11.0. The topological polar surface area (TPSA) is 47.3 Å². The predicted molar refractivity (Wildman–Crippen MR) is 66.1 cm³/mol. The van der Waals surface area contributed by atoms with Crippen molar-refractivity contribution in [2.45, 2.75) is 25.4 Å². The van der Waals surface area contributed by atoms with E-state index in [0.29, 0.717) is 6.10 Å². The van der Waals surface area contributed by atoms with Crippen LogP contribution in [0.25, 0.3) is 11.0 Å². The van der Waals surface area contributed by atoms with Gasteiger partial charge in [0.2, 0.25) is 0 Å². The molecule has 1 saturated heterocycles. The third-order valence-corrected chi connectivity index (χ3v) is 3.15. The third kappa shape index (κ3) is 2.26. The molecule has 1 unspecified atom stereocenters. The Morgan fingerprint density at radius 1 is 1.35 bits per heavy atom. The summed E-state index contributed by atoms with van der Waals surface area (Å²) in [6.07, 6.45) is 7.34. The Labute approximate surface area is 100.0 Å². The van der Waals surface area contributed by atoms with Gasteiger partial charge in [0.1, 0.15) is 11.4 Å². The molecule has 1 atom stereocenters. The van der Waals surface area contributed by atoms with E-state index in [1.54, 1.807) is 12.5 Å². The Balaban J connectivity index is 1.69. The van der Waals surface area contributed by atoms with Gasteiger partial charge in [-0.25, -0.2) is 4.98 Å². The first-order valence-electron chi connectivity index (χ1n) is 6.11. The minimum Gasteiger partial charge on any atom is -0.464 e. The molecule has 2 aromatic heterocycles. The minimum atomic E-state index is 0.313. The molecule has 1 fully saturated rings. The van der Waals surface area contributed by atoms with E-state index in [0.717, 1.165) is 36.4 Å². The minimum absolute atomic E-state index is 0.313. The molecule has 3 heterocycles. The zero-order valence-corrected chi connectivity index (χ0v) is 9.69. The van der Waals surface area contributed by atoms with Crippen LogP contribution >= 0.6 is 0 Å². The van der Waals surface area contributed by atoms with Gasteiger partial charge >= 0.3 is 0 Å². The largest absolute Gasteiger partial charge is 0.464 e. The summed E-state index contributed by atoms with van der Waals surface area (Å²) in [6, 6.07) is 3.81. The summed E-state index contributed by atoms with van der Waals surface area (Å²) in [7, 11) is 0. The first-order valence-corrected chi connectivity index (χ1v) is 6.11. The summed E-state index contributed by atoms with van der Waals surface area (Å²) in [6.45, 7) is 1.70. The summed E-state index contributed by atoms with van der Waals surface area (Å²) >= 11 is 0. The van der Waals surface area contributed by atoms with Crippen LogP contribution in [0.2, 0.25) is 0 Å². The molecule has 1 N–H and O–H groups in total. The standard InChI is InChI=1S/C13H16N2O2/c1-2-7-16-10(3-1)9-15-13-11-5-8-17-12(11)4-6-14-13/h4-6,8,10H,1-3,7,9H2,(H,14,15). The Morgan fingerprint density at radius 2 is 2.35 bits per heavy atom. The maximum Gasteiger partial charge on any atom is 0.139 e. The van der Waals surface area contributed by atoms with E-state index in [2.05, 4.69) is 10.3 Å². The first kappa shape index (κ1) is 10.6. The van der Waals surface area contributed by atoms with E-state index in [-0.39, 0.29) is 0 Å². The monoisotopic (exact) mass is 232 g/mol. The summed E-state index contributed by atoms with van der Waals surface area (Å²) in [5, 5.41) is 4.38. The second-order valence-corrected chi connectivity index (χ2v) is 4.36. The maximum atomic E-state index is 5.68. The quantitative estimate of drug-likeness (QED) is 0.884. The molecule has 1 aliphatic heterocycles. The number of nitrogens with one attached hydrogen (secondary N) is 1. The van der Waals surface area contributed by atoms with Gasteiger partial charge in [0.25, 0.3) is 0 Å². The van der Waals surface area contributed by atoms with Crippen molar-refractivity contribution >= 4 is 16.8 Å². The van der Waals surface area contributed by atoms with Crippen molar-refractivity contribution in [1.82, 2.24) is 4.98 Å². The lowest BCUT2D eigenvalue weighted by molar-refractivity contribution is 0.0247. The molecule has 4 heteroatoms. The van der Waals surface area contributed by atoms with Crippen molar-refractivity contribution in [1.29, 1.82) is 0 Å². The molecular weight excluding hydrogens is 216 g/mol. The Hall–Kier alpha value is -1.55. The number of rotatable bonds is 3. The van der Waals surface area contributed by atoms with E-state index in [4.69, 9.17) is 9.15 Å². The number of nitrogens with zero attached hydrogens (tertiary/aromatic N) is 1. The zero-order chi connectivity index (χ0) is 11.5. The van der Waals surface area contributed by atoms with Gasteiger partial charge in [-0.1, -0.05) is 0 Å². The van der Waals surface area contributed by atoms with Crippen LogP contribution in [0.1, 0.15) is 19.3 Å². The van der Waals surface area contributed by atoms with E-state index in [1.165, 1.54) is 12.8 Å².